The van der Waals surface area contributed by atoms with Gasteiger partial charge in [0.1, 0.15) is 0 Å². The second-order valence-corrected chi connectivity index (χ2v) is 1.34. The molecule has 0 fully saturated rings. The van der Waals surface area contributed by atoms with E-state index in [9.17, 15) is 18.0 Å². The zero-order chi connectivity index (χ0) is 9.49. The number of alkyl halides is 3. The maximum Gasteiger partial charge on any atom is 0.389 e. The van der Waals surface area contributed by atoms with Crippen molar-refractivity contribution in [1.29, 1.82) is 0 Å². The Morgan fingerprint density at radius 3 is 1.82 bits per heavy atom. The van der Waals surface area contributed by atoms with Crippen LogP contribution in [0.15, 0.2) is 12.7 Å². The highest BCUT2D eigenvalue weighted by molar-refractivity contribution is 5.80. The van der Waals surface area contributed by atoms with Crippen molar-refractivity contribution in [2.45, 2.75) is 6.18 Å². The Labute approximate surface area is 62.7 Å². The van der Waals surface area contributed by atoms with Crippen molar-refractivity contribution in [2.75, 3.05) is 7.11 Å². The van der Waals surface area contributed by atoms with Crippen molar-refractivity contribution >= 4 is 5.97 Å². The quantitative estimate of drug-likeness (QED) is 0.441. The van der Waals surface area contributed by atoms with Gasteiger partial charge in [0.2, 0.25) is 0 Å². The Bertz CT molecular complexity index is 122. The number of hydrogen-bond acceptors (Lipinski definition) is 2. The zero-order valence-electron chi connectivity index (χ0n) is 5.94. The summed E-state index contributed by atoms with van der Waals surface area (Å²) in [5, 5.41) is 0. The summed E-state index contributed by atoms with van der Waals surface area (Å²) in [6, 6.07) is 0. The predicted molar refractivity (Wildman–Crippen MR) is 33.6 cm³/mol. The lowest BCUT2D eigenvalue weighted by atomic mass is 10.7. The number of halogens is 3. The monoisotopic (exact) mass is 169 g/mol. The molecular formula is C6H8F3O2. The van der Waals surface area contributed by atoms with E-state index in [0.717, 1.165) is 6.08 Å². The number of rotatable bonds is 1. The van der Waals surface area contributed by atoms with Crippen molar-refractivity contribution in [3.63, 3.8) is 0 Å². The van der Waals surface area contributed by atoms with Gasteiger partial charge in [-0.2, -0.15) is 13.2 Å². The first-order valence-electron chi connectivity index (χ1n) is 2.43. The van der Waals surface area contributed by atoms with Crippen LogP contribution in [0.3, 0.4) is 0 Å². The van der Waals surface area contributed by atoms with Gasteiger partial charge in [-0.15, -0.1) is 0 Å². The summed E-state index contributed by atoms with van der Waals surface area (Å²) in [4.78, 5) is 9.84. The molecular weight excluding hydrogens is 161 g/mol. The SMILES string of the molecule is C=CC(=O)OC.[CH2]C(F)(F)F. The molecule has 0 saturated carbocycles. The van der Waals surface area contributed by atoms with Crippen LogP contribution in [0, 0.1) is 6.92 Å². The van der Waals surface area contributed by atoms with E-state index in [1.165, 1.54) is 7.11 Å². The standard InChI is InChI=1S/C4H6O2.C2H2F3/c1-3-4(5)6-2;1-2(3,4)5/h3H,1H2,2H3;1H2. The Morgan fingerprint density at radius 1 is 1.55 bits per heavy atom. The van der Waals surface area contributed by atoms with Crippen molar-refractivity contribution in [3.05, 3.63) is 19.6 Å². The third-order valence-electron chi connectivity index (χ3n) is 0.368. The molecule has 65 valence electrons. The largest absolute Gasteiger partial charge is 0.466 e. The van der Waals surface area contributed by atoms with Gasteiger partial charge in [0.05, 0.1) is 14.0 Å². The topological polar surface area (TPSA) is 26.3 Å². The van der Waals surface area contributed by atoms with E-state index < -0.39 is 12.1 Å². The number of ether oxygens (including phenoxy) is 1. The van der Waals surface area contributed by atoms with E-state index in [4.69, 9.17) is 0 Å². The molecule has 0 rings (SSSR count). The second kappa shape index (κ2) is 5.76. The molecule has 0 unspecified atom stereocenters. The van der Waals surface area contributed by atoms with E-state index in [-0.39, 0.29) is 0 Å². The summed E-state index contributed by atoms with van der Waals surface area (Å²) in [6.45, 7) is 4.93. The van der Waals surface area contributed by atoms with Gasteiger partial charge in [-0.05, 0) is 0 Å². The number of methoxy groups -OCH3 is 1. The zero-order valence-corrected chi connectivity index (χ0v) is 5.94. The van der Waals surface area contributed by atoms with Crippen LogP contribution in [0.2, 0.25) is 0 Å². The summed E-state index contributed by atoms with van der Waals surface area (Å²) >= 11 is 0. The van der Waals surface area contributed by atoms with Gasteiger partial charge < -0.3 is 4.74 Å². The molecule has 0 atom stereocenters. The van der Waals surface area contributed by atoms with Crippen LogP contribution in [0.5, 0.6) is 0 Å². The van der Waals surface area contributed by atoms with Crippen LogP contribution >= 0.6 is 0 Å². The molecule has 0 spiro atoms. The molecule has 0 bridgehead atoms. The van der Waals surface area contributed by atoms with Crippen molar-refractivity contribution in [3.8, 4) is 0 Å². The minimum Gasteiger partial charge on any atom is -0.466 e. The fourth-order valence-electron chi connectivity index (χ4n) is 0.0833. The lowest BCUT2D eigenvalue weighted by molar-refractivity contribution is -0.134. The summed E-state index contributed by atoms with van der Waals surface area (Å²) in [5.74, 6) is -0.394. The highest BCUT2D eigenvalue weighted by Crippen LogP contribution is 2.09. The van der Waals surface area contributed by atoms with Gasteiger partial charge in [-0.25, -0.2) is 4.79 Å². The fraction of sp³-hybridized carbons (Fsp3) is 0.333. The molecule has 0 amide bonds. The van der Waals surface area contributed by atoms with Gasteiger partial charge in [-0.3, -0.25) is 0 Å². The molecule has 0 aromatic heterocycles. The van der Waals surface area contributed by atoms with E-state index in [0.29, 0.717) is 0 Å². The van der Waals surface area contributed by atoms with Gasteiger partial charge in [0.15, 0.2) is 0 Å². The molecule has 0 aromatic carbocycles. The van der Waals surface area contributed by atoms with Crippen molar-refractivity contribution in [2.24, 2.45) is 0 Å². The number of carbonyl (C=O) groups is 1. The van der Waals surface area contributed by atoms with Crippen LogP contribution in [0.4, 0.5) is 13.2 Å². The minimum atomic E-state index is -4.25. The molecule has 0 N–H and O–H groups in total. The van der Waals surface area contributed by atoms with Gasteiger partial charge in [0, 0.05) is 6.08 Å². The molecule has 0 heterocycles. The van der Waals surface area contributed by atoms with Crippen LogP contribution in [-0.4, -0.2) is 19.3 Å². The summed E-state index contributed by atoms with van der Waals surface area (Å²) in [6.07, 6.45) is -3.14. The minimum absolute atomic E-state index is 0.394. The third kappa shape index (κ3) is 49.0. The molecule has 1 radical (unpaired) electrons. The molecule has 2 nitrogen and oxygen atoms in total. The second-order valence-electron chi connectivity index (χ2n) is 1.34. The average molecular weight is 169 g/mol. The van der Waals surface area contributed by atoms with Crippen LogP contribution < -0.4 is 0 Å². The van der Waals surface area contributed by atoms with Gasteiger partial charge >= 0.3 is 12.1 Å². The third-order valence-corrected chi connectivity index (χ3v) is 0.368. The molecule has 0 aliphatic rings. The first-order chi connectivity index (χ1) is 4.81. The number of esters is 1. The molecule has 0 saturated heterocycles. The van der Waals surface area contributed by atoms with Gasteiger partial charge in [-0.1, -0.05) is 6.58 Å². The van der Waals surface area contributed by atoms with E-state index in [1.807, 2.05) is 0 Å². The molecule has 0 aliphatic heterocycles. The molecule has 0 aliphatic carbocycles. The highest BCUT2D eigenvalue weighted by Gasteiger charge is 2.16. The molecule has 0 aromatic rings. The first-order valence-corrected chi connectivity index (χ1v) is 2.43. The average Bonchev–Trinajstić information content (AvgIpc) is 1.83. The Kier molecular flexibility index (Phi) is 6.63. The van der Waals surface area contributed by atoms with Crippen LogP contribution in [0.25, 0.3) is 0 Å². The Morgan fingerprint density at radius 2 is 1.82 bits per heavy atom. The Balaban J connectivity index is 0. The van der Waals surface area contributed by atoms with Crippen LogP contribution in [-0.2, 0) is 9.53 Å². The Hall–Kier alpha value is -1.00. The normalized spacial score (nSPS) is 9.18. The summed E-state index contributed by atoms with van der Waals surface area (Å²) < 4.78 is 34.9. The first kappa shape index (κ1) is 12.7. The predicted octanol–water partition coefficient (Wildman–Crippen LogP) is 1.73. The number of hydrogen-bond donors (Lipinski definition) is 0. The molecule has 5 heteroatoms. The number of carbonyl (C=O) groups excluding carboxylic acids is 1. The maximum absolute atomic E-state index is 10.2. The van der Waals surface area contributed by atoms with Crippen molar-refractivity contribution in [1.82, 2.24) is 0 Å². The highest BCUT2D eigenvalue weighted by atomic mass is 19.4. The lowest BCUT2D eigenvalue weighted by Crippen LogP contribution is -1.96. The fourth-order valence-corrected chi connectivity index (χ4v) is 0.0833. The smallest absolute Gasteiger partial charge is 0.389 e. The summed E-state index contributed by atoms with van der Waals surface area (Å²) in [5.41, 5.74) is 0. The van der Waals surface area contributed by atoms with Crippen LogP contribution in [0.1, 0.15) is 0 Å². The summed E-state index contributed by atoms with van der Waals surface area (Å²) in [7, 11) is 1.31. The van der Waals surface area contributed by atoms with E-state index >= 15 is 0 Å². The maximum atomic E-state index is 10.2. The van der Waals surface area contributed by atoms with Crippen molar-refractivity contribution < 1.29 is 22.7 Å². The lowest BCUT2D eigenvalue weighted by Gasteiger charge is -1.88. The van der Waals surface area contributed by atoms with E-state index in [1.54, 1.807) is 6.92 Å². The van der Waals surface area contributed by atoms with Gasteiger partial charge in [0.25, 0.3) is 0 Å². The van der Waals surface area contributed by atoms with E-state index in [2.05, 4.69) is 11.3 Å². The molecule has 11 heavy (non-hydrogen) atoms.